The molecular formula is C20H24N4O. The molecule has 1 heterocycles. The van der Waals surface area contributed by atoms with E-state index < -0.39 is 0 Å². The zero-order valence-corrected chi connectivity index (χ0v) is 15.0. The van der Waals surface area contributed by atoms with Gasteiger partial charge in [0.1, 0.15) is 11.5 Å². The minimum absolute atomic E-state index is 0.00112. The molecule has 0 aliphatic heterocycles. The number of hydrogen-bond donors (Lipinski definition) is 2. The second-order valence-electron chi connectivity index (χ2n) is 5.93. The number of nitrogens with zero attached hydrogens (tertiary/aromatic N) is 2. The maximum atomic E-state index is 11.8. The van der Waals surface area contributed by atoms with Gasteiger partial charge in [0.05, 0.1) is 0 Å². The van der Waals surface area contributed by atoms with E-state index in [4.69, 9.17) is 5.41 Å². The summed E-state index contributed by atoms with van der Waals surface area (Å²) in [5, 5.41) is 11.5. The maximum absolute atomic E-state index is 11.8. The summed E-state index contributed by atoms with van der Waals surface area (Å²) in [7, 11) is 0. The van der Waals surface area contributed by atoms with Crippen LogP contribution in [-0.4, -0.2) is 28.0 Å². The van der Waals surface area contributed by atoms with E-state index in [1.54, 1.807) is 18.5 Å². The van der Waals surface area contributed by atoms with Crippen LogP contribution >= 0.6 is 0 Å². The van der Waals surface area contributed by atoms with Crippen molar-refractivity contribution in [1.29, 1.82) is 5.41 Å². The first kappa shape index (κ1) is 18.5. The van der Waals surface area contributed by atoms with Gasteiger partial charge in [0.25, 0.3) is 0 Å². The lowest BCUT2D eigenvalue weighted by Crippen LogP contribution is -2.15. The van der Waals surface area contributed by atoms with Crippen molar-refractivity contribution in [2.24, 2.45) is 0 Å². The summed E-state index contributed by atoms with van der Waals surface area (Å²) in [6.07, 6.45) is 7.11. The van der Waals surface area contributed by atoms with Crippen LogP contribution in [-0.2, 0) is 11.2 Å². The molecule has 5 nitrogen and oxygen atoms in total. The Morgan fingerprint density at radius 1 is 1.28 bits per heavy atom. The molecule has 0 aliphatic carbocycles. The highest BCUT2D eigenvalue weighted by Crippen LogP contribution is 2.30. The van der Waals surface area contributed by atoms with E-state index in [-0.39, 0.29) is 11.5 Å². The highest BCUT2D eigenvalue weighted by Gasteiger charge is 2.17. The summed E-state index contributed by atoms with van der Waals surface area (Å²) in [5.74, 6) is 0.444. The number of aromatic nitrogens is 2. The van der Waals surface area contributed by atoms with Crippen LogP contribution in [0.5, 0.6) is 0 Å². The lowest BCUT2D eigenvalue weighted by atomic mass is 9.93. The van der Waals surface area contributed by atoms with Gasteiger partial charge >= 0.3 is 0 Å². The van der Waals surface area contributed by atoms with Crippen LogP contribution in [0.1, 0.15) is 37.2 Å². The fourth-order valence-corrected chi connectivity index (χ4v) is 2.65. The van der Waals surface area contributed by atoms with Gasteiger partial charge in [-0.2, -0.15) is 0 Å². The zero-order chi connectivity index (χ0) is 18.4. The first-order valence-electron chi connectivity index (χ1n) is 8.38. The molecule has 5 heteroatoms. The average molecular weight is 336 g/mol. The Labute approximate surface area is 148 Å². The summed E-state index contributed by atoms with van der Waals surface area (Å²) in [5.41, 5.74) is 4.29. The zero-order valence-electron chi connectivity index (χ0n) is 15.0. The topological polar surface area (TPSA) is 78.7 Å². The van der Waals surface area contributed by atoms with E-state index in [1.165, 1.54) is 6.92 Å². The molecule has 0 fully saturated rings. The van der Waals surface area contributed by atoms with Gasteiger partial charge < -0.3 is 5.32 Å². The Bertz CT molecular complexity index is 794. The first-order valence-corrected chi connectivity index (χ1v) is 8.38. The molecule has 2 rings (SSSR count). The Kier molecular flexibility index (Phi) is 6.17. The molecule has 2 aromatic rings. The molecule has 2 N–H and O–H groups in total. The van der Waals surface area contributed by atoms with Crippen molar-refractivity contribution in [3.05, 3.63) is 54.1 Å². The third-order valence-electron chi connectivity index (χ3n) is 3.90. The molecule has 0 saturated heterocycles. The third kappa shape index (κ3) is 4.38. The maximum Gasteiger partial charge on any atom is 0.178 e. The number of nitrogens with one attached hydrogen (secondary N) is 2. The molecule has 1 aromatic heterocycles. The number of carbonyl (C=O) groups excluding carboxylic acids is 1. The Balaban J connectivity index is 2.66. The molecule has 0 unspecified atom stereocenters. The number of carbonyl (C=O) groups is 1. The smallest absolute Gasteiger partial charge is 0.178 e. The van der Waals surface area contributed by atoms with Crippen LogP contribution in [0.3, 0.4) is 0 Å². The largest absolute Gasteiger partial charge is 0.381 e. The van der Waals surface area contributed by atoms with Gasteiger partial charge in [-0.1, -0.05) is 19.4 Å². The van der Waals surface area contributed by atoms with E-state index in [0.717, 1.165) is 35.2 Å². The predicted molar refractivity (Wildman–Crippen MR) is 102 cm³/mol. The highest BCUT2D eigenvalue weighted by atomic mass is 16.1. The standard InChI is InChI=1S/C20H24N4O/c1-5-7-15-9-16(17-11-23-14(4)24-12-17)10-18(19(21)13(3)25)20(15)22-8-6-2/h6,9-12,21-22H,2,5,7-8H2,1,3-4H3. The van der Waals surface area contributed by atoms with Crippen molar-refractivity contribution < 1.29 is 4.79 Å². The first-order chi connectivity index (χ1) is 12.0. The molecule has 0 aliphatic rings. The Hall–Kier alpha value is -2.82. The lowest BCUT2D eigenvalue weighted by molar-refractivity contribution is -0.111. The van der Waals surface area contributed by atoms with Gasteiger partial charge in [-0.3, -0.25) is 10.2 Å². The van der Waals surface area contributed by atoms with Gasteiger partial charge in [-0.15, -0.1) is 6.58 Å². The Morgan fingerprint density at radius 3 is 2.52 bits per heavy atom. The van der Waals surface area contributed by atoms with Crippen LogP contribution < -0.4 is 5.32 Å². The fourth-order valence-electron chi connectivity index (χ4n) is 2.65. The van der Waals surface area contributed by atoms with Crippen molar-refractivity contribution in [2.45, 2.75) is 33.6 Å². The summed E-state index contributed by atoms with van der Waals surface area (Å²) >= 11 is 0. The van der Waals surface area contributed by atoms with Crippen molar-refractivity contribution >= 4 is 17.2 Å². The van der Waals surface area contributed by atoms with Crippen LogP contribution in [0.2, 0.25) is 0 Å². The van der Waals surface area contributed by atoms with Gasteiger partial charge in [-0.25, -0.2) is 9.97 Å². The summed E-state index contributed by atoms with van der Waals surface area (Å²) < 4.78 is 0. The molecule has 0 saturated carbocycles. The van der Waals surface area contributed by atoms with E-state index >= 15 is 0 Å². The number of anilines is 1. The summed E-state index contributed by atoms with van der Waals surface area (Å²) in [6, 6.07) is 3.95. The number of hydrogen-bond acceptors (Lipinski definition) is 5. The molecule has 0 amide bonds. The SMILES string of the molecule is C=CCNc1c(CCC)cc(-c2cnc(C)nc2)cc1C(=N)C(C)=O. The molecule has 1 aromatic carbocycles. The quantitative estimate of drug-likeness (QED) is 0.565. The van der Waals surface area contributed by atoms with Crippen LogP contribution in [0, 0.1) is 12.3 Å². The van der Waals surface area contributed by atoms with Crippen molar-refractivity contribution in [3.63, 3.8) is 0 Å². The lowest BCUT2D eigenvalue weighted by Gasteiger charge is -2.18. The average Bonchev–Trinajstić information content (AvgIpc) is 2.60. The van der Waals surface area contributed by atoms with Gasteiger partial charge in [0.2, 0.25) is 0 Å². The van der Waals surface area contributed by atoms with Crippen LogP contribution in [0.15, 0.2) is 37.2 Å². The van der Waals surface area contributed by atoms with Crippen LogP contribution in [0.4, 0.5) is 5.69 Å². The monoisotopic (exact) mass is 336 g/mol. The Morgan fingerprint density at radius 2 is 1.96 bits per heavy atom. The normalized spacial score (nSPS) is 10.4. The van der Waals surface area contributed by atoms with Gasteiger partial charge in [0, 0.05) is 42.7 Å². The molecule has 0 bridgehead atoms. The number of benzene rings is 1. The summed E-state index contributed by atoms with van der Waals surface area (Å²) in [4.78, 5) is 20.3. The van der Waals surface area contributed by atoms with Crippen molar-refractivity contribution in [1.82, 2.24) is 9.97 Å². The van der Waals surface area contributed by atoms with E-state index in [2.05, 4.69) is 34.9 Å². The predicted octanol–water partition coefficient (Wildman–Crippen LogP) is 3.96. The summed E-state index contributed by atoms with van der Waals surface area (Å²) in [6.45, 7) is 9.67. The molecular weight excluding hydrogens is 312 g/mol. The second-order valence-corrected chi connectivity index (χ2v) is 5.93. The number of aryl methyl sites for hydroxylation is 2. The second kappa shape index (κ2) is 8.33. The minimum Gasteiger partial charge on any atom is -0.381 e. The highest BCUT2D eigenvalue weighted by molar-refractivity contribution is 6.45. The number of Topliss-reactive ketones (excluding diaryl/α,β-unsaturated/α-hetero) is 1. The third-order valence-corrected chi connectivity index (χ3v) is 3.90. The molecule has 25 heavy (non-hydrogen) atoms. The van der Waals surface area contributed by atoms with Crippen molar-refractivity contribution in [2.75, 3.05) is 11.9 Å². The van der Waals surface area contributed by atoms with E-state index in [0.29, 0.717) is 17.9 Å². The van der Waals surface area contributed by atoms with Gasteiger partial charge in [0.15, 0.2) is 5.78 Å². The van der Waals surface area contributed by atoms with Crippen molar-refractivity contribution in [3.8, 4) is 11.1 Å². The molecule has 0 atom stereocenters. The molecule has 130 valence electrons. The number of rotatable bonds is 8. The fraction of sp³-hybridized carbons (Fsp3) is 0.300. The van der Waals surface area contributed by atoms with Crippen LogP contribution in [0.25, 0.3) is 11.1 Å². The van der Waals surface area contributed by atoms with E-state index in [9.17, 15) is 4.79 Å². The van der Waals surface area contributed by atoms with Gasteiger partial charge in [-0.05, 0) is 36.6 Å². The number of ketones is 1. The molecule has 0 radical (unpaired) electrons. The minimum atomic E-state index is -0.263. The van der Waals surface area contributed by atoms with E-state index in [1.807, 2.05) is 13.0 Å². The molecule has 0 spiro atoms.